The van der Waals surface area contributed by atoms with E-state index in [-0.39, 0.29) is 41.8 Å². The molecule has 0 heterocycles. The van der Waals surface area contributed by atoms with Gasteiger partial charge in [0.15, 0.2) is 0 Å². The summed E-state index contributed by atoms with van der Waals surface area (Å²) in [5.41, 5.74) is 0.310. The number of nitro groups is 1. The number of esters is 1. The van der Waals surface area contributed by atoms with Crippen molar-refractivity contribution in [3.63, 3.8) is 0 Å². The number of carbonyl (C=O) groups is 1. The molecule has 9 nitrogen and oxygen atoms in total. The highest BCUT2D eigenvalue weighted by atomic mass is 16.6. The molecular weight excluding hydrogens is 406 g/mol. The van der Waals surface area contributed by atoms with Crippen LogP contribution in [-0.2, 0) is 19.0 Å². The van der Waals surface area contributed by atoms with E-state index in [0.717, 1.165) is 0 Å². The monoisotopic (exact) mass is 439 g/mol. The molecule has 0 aliphatic heterocycles. The molecule has 1 rings (SSSR count). The van der Waals surface area contributed by atoms with Crippen LogP contribution in [0.3, 0.4) is 0 Å². The third-order valence-electron chi connectivity index (χ3n) is 5.10. The average molecular weight is 440 g/mol. The second kappa shape index (κ2) is 12.9. The summed E-state index contributed by atoms with van der Waals surface area (Å²) in [7, 11) is 5.77. The van der Waals surface area contributed by atoms with Crippen molar-refractivity contribution >= 4 is 11.7 Å². The van der Waals surface area contributed by atoms with Gasteiger partial charge in [0.05, 0.1) is 50.9 Å². The molecule has 0 fully saturated rings. The van der Waals surface area contributed by atoms with Crippen molar-refractivity contribution in [2.24, 2.45) is 11.8 Å². The van der Waals surface area contributed by atoms with Crippen LogP contribution >= 0.6 is 0 Å². The van der Waals surface area contributed by atoms with Crippen molar-refractivity contribution in [2.75, 3.05) is 35.0 Å². The summed E-state index contributed by atoms with van der Waals surface area (Å²) >= 11 is 0. The SMILES string of the molecule is CCOC(c1cc(OC)cc([N+](=O)[O-])c1OC)C(C)C(OC)[C@@H](C)/C=C/CC(=O)OC. The molecule has 0 saturated carbocycles. The first-order chi connectivity index (χ1) is 14.7. The van der Waals surface area contributed by atoms with Gasteiger partial charge in [-0.2, -0.15) is 0 Å². The molecule has 0 amide bonds. The summed E-state index contributed by atoms with van der Waals surface area (Å²) in [5.74, 6) is -0.159. The maximum Gasteiger partial charge on any atom is 0.315 e. The van der Waals surface area contributed by atoms with Gasteiger partial charge in [-0.05, 0) is 13.0 Å². The predicted molar refractivity (Wildman–Crippen MR) is 115 cm³/mol. The van der Waals surface area contributed by atoms with Crippen LogP contribution in [0.5, 0.6) is 11.5 Å². The van der Waals surface area contributed by atoms with Gasteiger partial charge < -0.3 is 23.7 Å². The molecule has 0 saturated heterocycles. The zero-order chi connectivity index (χ0) is 23.6. The van der Waals surface area contributed by atoms with Crippen LogP contribution in [-0.4, -0.2) is 52.0 Å². The summed E-state index contributed by atoms with van der Waals surface area (Å²) in [4.78, 5) is 22.5. The Balaban J connectivity index is 3.37. The van der Waals surface area contributed by atoms with Crippen LogP contribution in [0, 0.1) is 22.0 Å². The largest absolute Gasteiger partial charge is 0.496 e. The molecule has 174 valence electrons. The zero-order valence-electron chi connectivity index (χ0n) is 19.2. The first kappa shape index (κ1) is 26.4. The summed E-state index contributed by atoms with van der Waals surface area (Å²) in [6.45, 7) is 6.14. The number of methoxy groups -OCH3 is 4. The van der Waals surface area contributed by atoms with Crippen molar-refractivity contribution in [2.45, 2.75) is 39.4 Å². The average Bonchev–Trinajstić information content (AvgIpc) is 2.76. The molecule has 0 radical (unpaired) electrons. The second-order valence-electron chi connectivity index (χ2n) is 7.03. The van der Waals surface area contributed by atoms with E-state index in [2.05, 4.69) is 4.74 Å². The highest BCUT2D eigenvalue weighted by molar-refractivity contribution is 5.70. The van der Waals surface area contributed by atoms with Gasteiger partial charge in [0.25, 0.3) is 0 Å². The van der Waals surface area contributed by atoms with Gasteiger partial charge in [0.2, 0.25) is 5.75 Å². The van der Waals surface area contributed by atoms with E-state index in [1.54, 1.807) is 19.3 Å². The van der Waals surface area contributed by atoms with Crippen molar-refractivity contribution in [3.8, 4) is 11.5 Å². The summed E-state index contributed by atoms with van der Waals surface area (Å²) in [6, 6.07) is 3.01. The number of benzene rings is 1. The minimum Gasteiger partial charge on any atom is -0.496 e. The van der Waals surface area contributed by atoms with Gasteiger partial charge >= 0.3 is 11.7 Å². The smallest absolute Gasteiger partial charge is 0.315 e. The van der Waals surface area contributed by atoms with E-state index in [1.807, 2.05) is 26.8 Å². The fourth-order valence-electron chi connectivity index (χ4n) is 3.65. The van der Waals surface area contributed by atoms with Gasteiger partial charge in [-0.25, -0.2) is 0 Å². The number of nitrogens with zero attached hydrogens (tertiary/aromatic N) is 1. The van der Waals surface area contributed by atoms with Gasteiger partial charge in [0.1, 0.15) is 5.75 Å². The Labute approximate surface area is 183 Å². The van der Waals surface area contributed by atoms with Gasteiger partial charge in [-0.3, -0.25) is 14.9 Å². The number of hydrogen-bond donors (Lipinski definition) is 0. The molecular formula is C22H33NO8. The third-order valence-corrected chi connectivity index (χ3v) is 5.10. The van der Waals surface area contributed by atoms with Crippen LogP contribution in [0.4, 0.5) is 5.69 Å². The maximum absolute atomic E-state index is 11.6. The first-order valence-corrected chi connectivity index (χ1v) is 10.0. The van der Waals surface area contributed by atoms with Crippen LogP contribution in [0.1, 0.15) is 38.9 Å². The predicted octanol–water partition coefficient (Wildman–Crippen LogP) is 4.10. The number of carbonyl (C=O) groups excluding carboxylic acids is 1. The Bertz CT molecular complexity index is 764. The molecule has 3 unspecified atom stereocenters. The van der Waals surface area contributed by atoms with Crippen molar-refractivity contribution < 1.29 is 33.4 Å². The van der Waals surface area contributed by atoms with Gasteiger partial charge in [-0.15, -0.1) is 0 Å². The zero-order valence-corrected chi connectivity index (χ0v) is 19.2. The Morgan fingerprint density at radius 2 is 1.84 bits per heavy atom. The lowest BCUT2D eigenvalue weighted by Gasteiger charge is -2.33. The molecule has 0 aliphatic rings. The molecule has 0 spiro atoms. The summed E-state index contributed by atoms with van der Waals surface area (Å²) < 4.78 is 27.1. The third kappa shape index (κ3) is 6.93. The van der Waals surface area contributed by atoms with E-state index in [9.17, 15) is 14.9 Å². The van der Waals surface area contributed by atoms with Crippen LogP contribution in [0.15, 0.2) is 24.3 Å². The van der Waals surface area contributed by atoms with Crippen LogP contribution < -0.4 is 9.47 Å². The Morgan fingerprint density at radius 3 is 2.32 bits per heavy atom. The molecule has 0 aliphatic carbocycles. The molecule has 31 heavy (non-hydrogen) atoms. The number of nitro benzene ring substituents is 1. The van der Waals surface area contributed by atoms with Gasteiger partial charge in [0, 0.05) is 31.1 Å². The molecule has 1 aromatic carbocycles. The van der Waals surface area contributed by atoms with Gasteiger partial charge in [-0.1, -0.05) is 26.0 Å². The number of rotatable bonds is 13. The van der Waals surface area contributed by atoms with Crippen LogP contribution in [0.2, 0.25) is 0 Å². The standard InChI is InChI=1S/C22H33NO8/c1-8-31-21(15(3)20(29-6)14(2)10-9-11-19(24)28-5)17-12-16(27-4)13-18(23(25)26)22(17)30-7/h9-10,12-15,20-21H,8,11H2,1-7H3/b10-9+/t14-,15?,20?,21?/m0/s1. The lowest BCUT2D eigenvalue weighted by Crippen LogP contribution is -2.32. The highest BCUT2D eigenvalue weighted by Crippen LogP contribution is 2.43. The molecule has 9 heteroatoms. The topological polar surface area (TPSA) is 106 Å². The first-order valence-electron chi connectivity index (χ1n) is 10.0. The lowest BCUT2D eigenvalue weighted by molar-refractivity contribution is -0.385. The quantitative estimate of drug-likeness (QED) is 0.196. The number of ether oxygens (including phenoxy) is 5. The van der Waals surface area contributed by atoms with Crippen LogP contribution in [0.25, 0.3) is 0 Å². The Kier molecular flexibility index (Phi) is 11.0. The van der Waals surface area contributed by atoms with E-state index >= 15 is 0 Å². The highest BCUT2D eigenvalue weighted by Gasteiger charge is 2.35. The molecule has 0 aromatic heterocycles. The van der Waals surface area contributed by atoms with E-state index < -0.39 is 11.0 Å². The maximum atomic E-state index is 11.6. The summed E-state index contributed by atoms with van der Waals surface area (Å²) in [6.07, 6.45) is 2.92. The second-order valence-corrected chi connectivity index (χ2v) is 7.03. The van der Waals surface area contributed by atoms with Crippen molar-refractivity contribution in [1.29, 1.82) is 0 Å². The molecule has 4 atom stereocenters. The Morgan fingerprint density at radius 1 is 1.16 bits per heavy atom. The van der Waals surface area contributed by atoms with Crippen molar-refractivity contribution in [1.82, 2.24) is 0 Å². The lowest BCUT2D eigenvalue weighted by atomic mass is 9.85. The normalized spacial score (nSPS) is 15.2. The summed E-state index contributed by atoms with van der Waals surface area (Å²) in [5, 5.41) is 11.6. The molecule has 1 aromatic rings. The minimum absolute atomic E-state index is 0.0702. The fourth-order valence-corrected chi connectivity index (χ4v) is 3.65. The number of hydrogen-bond acceptors (Lipinski definition) is 8. The Hall–Kier alpha value is -2.65. The van der Waals surface area contributed by atoms with E-state index in [0.29, 0.717) is 17.9 Å². The molecule has 0 bridgehead atoms. The van der Waals surface area contributed by atoms with E-state index in [4.69, 9.17) is 18.9 Å². The van der Waals surface area contributed by atoms with E-state index in [1.165, 1.54) is 27.4 Å². The fraction of sp³-hybridized carbons (Fsp3) is 0.591. The van der Waals surface area contributed by atoms with Crippen molar-refractivity contribution in [3.05, 3.63) is 40.0 Å². The molecule has 0 N–H and O–H groups in total. The minimum atomic E-state index is -0.560.